The van der Waals surface area contributed by atoms with Gasteiger partial charge in [-0.1, -0.05) is 6.07 Å². The van der Waals surface area contributed by atoms with Crippen LogP contribution in [0.3, 0.4) is 0 Å². The lowest BCUT2D eigenvalue weighted by atomic mass is 10.4. The van der Waals surface area contributed by atoms with Crippen LogP contribution in [0.4, 0.5) is 10.9 Å². The Bertz CT molecular complexity index is 606. The van der Waals surface area contributed by atoms with E-state index in [4.69, 9.17) is 0 Å². The molecule has 1 aliphatic carbocycles. The van der Waals surface area contributed by atoms with Crippen LogP contribution in [0.1, 0.15) is 29.0 Å². The normalized spacial score (nSPS) is 14.2. The highest BCUT2D eigenvalue weighted by Gasteiger charge is 2.24. The number of carbonyl (C=O) groups is 1. The number of pyridine rings is 1. The summed E-state index contributed by atoms with van der Waals surface area (Å²) >= 11 is 1.40. The molecule has 19 heavy (non-hydrogen) atoms. The summed E-state index contributed by atoms with van der Waals surface area (Å²) in [5.41, 5.74) is 1.40. The Hall–Kier alpha value is -1.95. The number of amides is 1. The number of nitrogens with zero attached hydrogens (tertiary/aromatic N) is 2. The van der Waals surface area contributed by atoms with Crippen molar-refractivity contribution in [2.75, 3.05) is 5.32 Å². The summed E-state index contributed by atoms with van der Waals surface area (Å²) in [7, 11) is 0. The quantitative estimate of drug-likeness (QED) is 0.899. The van der Waals surface area contributed by atoms with E-state index >= 15 is 0 Å². The van der Waals surface area contributed by atoms with Gasteiger partial charge in [-0.15, -0.1) is 11.3 Å². The van der Waals surface area contributed by atoms with Gasteiger partial charge in [-0.25, -0.2) is 9.97 Å². The largest absolute Gasteiger partial charge is 0.348 e. The SMILES string of the molecule is Cc1cccc(Nc2nc(C(=O)NC3CC3)cs2)n1. The minimum absolute atomic E-state index is 0.0935. The van der Waals surface area contributed by atoms with Crippen LogP contribution in [-0.4, -0.2) is 21.9 Å². The number of carbonyl (C=O) groups excluding carboxylic acids is 1. The van der Waals surface area contributed by atoms with E-state index in [1.54, 1.807) is 5.38 Å². The van der Waals surface area contributed by atoms with E-state index in [9.17, 15) is 4.79 Å². The van der Waals surface area contributed by atoms with Gasteiger partial charge in [0.2, 0.25) is 0 Å². The molecule has 1 saturated carbocycles. The molecule has 1 amide bonds. The minimum atomic E-state index is -0.0935. The molecule has 98 valence electrons. The molecular formula is C13H14N4OS. The average molecular weight is 274 g/mol. The number of aromatic nitrogens is 2. The topological polar surface area (TPSA) is 66.9 Å². The number of aryl methyl sites for hydroxylation is 1. The van der Waals surface area contributed by atoms with Crippen molar-refractivity contribution in [3.05, 3.63) is 35.0 Å². The van der Waals surface area contributed by atoms with Crippen LogP contribution in [0.5, 0.6) is 0 Å². The first-order chi connectivity index (χ1) is 9.20. The van der Waals surface area contributed by atoms with Crippen molar-refractivity contribution >= 4 is 28.2 Å². The van der Waals surface area contributed by atoms with E-state index in [-0.39, 0.29) is 5.91 Å². The lowest BCUT2D eigenvalue weighted by molar-refractivity contribution is 0.0947. The molecule has 0 aromatic carbocycles. The van der Waals surface area contributed by atoms with Gasteiger partial charge < -0.3 is 10.6 Å². The zero-order valence-corrected chi connectivity index (χ0v) is 11.3. The third kappa shape index (κ3) is 3.08. The summed E-state index contributed by atoms with van der Waals surface area (Å²) < 4.78 is 0. The third-order valence-electron chi connectivity index (χ3n) is 2.77. The van der Waals surface area contributed by atoms with Gasteiger partial charge in [-0.05, 0) is 31.9 Å². The van der Waals surface area contributed by atoms with Gasteiger partial charge in [0.15, 0.2) is 5.13 Å². The number of rotatable bonds is 4. The summed E-state index contributed by atoms with van der Waals surface area (Å²) in [5.74, 6) is 0.646. The fourth-order valence-electron chi connectivity index (χ4n) is 1.64. The minimum Gasteiger partial charge on any atom is -0.348 e. The van der Waals surface area contributed by atoms with E-state index in [0.717, 1.165) is 24.4 Å². The molecule has 1 aliphatic rings. The third-order valence-corrected chi connectivity index (χ3v) is 3.53. The molecule has 0 spiro atoms. The van der Waals surface area contributed by atoms with E-state index < -0.39 is 0 Å². The lowest BCUT2D eigenvalue weighted by Crippen LogP contribution is -2.25. The summed E-state index contributed by atoms with van der Waals surface area (Å²) in [4.78, 5) is 20.4. The Balaban J connectivity index is 1.68. The van der Waals surface area contributed by atoms with E-state index in [1.165, 1.54) is 11.3 Å². The number of hydrogen-bond acceptors (Lipinski definition) is 5. The Morgan fingerprint density at radius 3 is 2.95 bits per heavy atom. The second-order valence-electron chi connectivity index (χ2n) is 4.57. The molecule has 6 heteroatoms. The van der Waals surface area contributed by atoms with Gasteiger partial charge >= 0.3 is 0 Å². The summed E-state index contributed by atoms with van der Waals surface area (Å²) in [5, 5.41) is 8.46. The molecule has 2 aromatic rings. The second-order valence-corrected chi connectivity index (χ2v) is 5.43. The van der Waals surface area contributed by atoms with Gasteiger partial charge in [-0.3, -0.25) is 4.79 Å². The fourth-order valence-corrected chi connectivity index (χ4v) is 2.34. The molecule has 5 nitrogen and oxygen atoms in total. The summed E-state index contributed by atoms with van der Waals surface area (Å²) in [6.45, 7) is 1.93. The van der Waals surface area contributed by atoms with Crippen LogP contribution in [0.2, 0.25) is 0 Å². The van der Waals surface area contributed by atoms with Gasteiger partial charge in [0.1, 0.15) is 11.5 Å². The predicted molar refractivity (Wildman–Crippen MR) is 74.9 cm³/mol. The number of anilines is 2. The first-order valence-corrected chi connectivity index (χ1v) is 7.06. The molecule has 0 bridgehead atoms. The number of hydrogen-bond donors (Lipinski definition) is 2. The Labute approximate surface area is 115 Å². The standard InChI is InChI=1S/C13H14N4OS/c1-8-3-2-4-11(14-8)17-13-16-10(7-19-13)12(18)15-9-5-6-9/h2-4,7,9H,5-6H2,1H3,(H,15,18)(H,14,16,17). The van der Waals surface area contributed by atoms with Gasteiger partial charge in [0.25, 0.3) is 5.91 Å². The Morgan fingerprint density at radius 1 is 1.37 bits per heavy atom. The van der Waals surface area contributed by atoms with Crippen LogP contribution < -0.4 is 10.6 Å². The van der Waals surface area contributed by atoms with Crippen molar-refractivity contribution in [2.24, 2.45) is 0 Å². The van der Waals surface area contributed by atoms with Crippen LogP contribution in [-0.2, 0) is 0 Å². The van der Waals surface area contributed by atoms with Crippen molar-refractivity contribution in [2.45, 2.75) is 25.8 Å². The zero-order chi connectivity index (χ0) is 13.2. The maximum absolute atomic E-state index is 11.8. The van der Waals surface area contributed by atoms with Gasteiger partial charge in [-0.2, -0.15) is 0 Å². The fraction of sp³-hybridized carbons (Fsp3) is 0.308. The predicted octanol–water partition coefficient (Wildman–Crippen LogP) is 2.48. The molecule has 2 N–H and O–H groups in total. The maximum Gasteiger partial charge on any atom is 0.271 e. The first-order valence-electron chi connectivity index (χ1n) is 6.18. The van der Waals surface area contributed by atoms with Crippen molar-refractivity contribution in [1.82, 2.24) is 15.3 Å². The number of nitrogens with one attached hydrogen (secondary N) is 2. The summed E-state index contributed by atoms with van der Waals surface area (Å²) in [6.07, 6.45) is 2.16. The molecule has 1 fully saturated rings. The van der Waals surface area contributed by atoms with Crippen LogP contribution in [0.25, 0.3) is 0 Å². The van der Waals surface area contributed by atoms with E-state index in [0.29, 0.717) is 16.9 Å². The highest BCUT2D eigenvalue weighted by atomic mass is 32.1. The molecule has 0 saturated heterocycles. The Morgan fingerprint density at radius 2 is 2.21 bits per heavy atom. The molecule has 2 heterocycles. The Kier molecular flexibility index (Phi) is 3.16. The maximum atomic E-state index is 11.8. The van der Waals surface area contributed by atoms with E-state index in [1.807, 2.05) is 25.1 Å². The first kappa shape index (κ1) is 12.1. The molecular weight excluding hydrogens is 260 g/mol. The second kappa shape index (κ2) is 4.97. The molecule has 3 rings (SSSR count). The highest BCUT2D eigenvalue weighted by molar-refractivity contribution is 7.14. The monoisotopic (exact) mass is 274 g/mol. The van der Waals surface area contributed by atoms with Crippen molar-refractivity contribution in [3.8, 4) is 0 Å². The van der Waals surface area contributed by atoms with Crippen LogP contribution >= 0.6 is 11.3 Å². The molecule has 0 aliphatic heterocycles. The van der Waals surface area contributed by atoms with Crippen molar-refractivity contribution in [3.63, 3.8) is 0 Å². The molecule has 0 radical (unpaired) electrons. The van der Waals surface area contributed by atoms with Crippen molar-refractivity contribution in [1.29, 1.82) is 0 Å². The van der Waals surface area contributed by atoms with Crippen molar-refractivity contribution < 1.29 is 4.79 Å². The van der Waals surface area contributed by atoms with Gasteiger partial charge in [0.05, 0.1) is 0 Å². The molecule has 0 unspecified atom stereocenters. The number of thiazole rings is 1. The molecule has 0 atom stereocenters. The summed E-state index contributed by atoms with van der Waals surface area (Å²) in [6, 6.07) is 6.09. The lowest BCUT2D eigenvalue weighted by Gasteiger charge is -2.02. The molecule has 2 aromatic heterocycles. The van der Waals surface area contributed by atoms with Crippen LogP contribution in [0.15, 0.2) is 23.6 Å². The highest BCUT2D eigenvalue weighted by Crippen LogP contribution is 2.22. The smallest absolute Gasteiger partial charge is 0.271 e. The zero-order valence-electron chi connectivity index (χ0n) is 10.5. The average Bonchev–Trinajstić information content (AvgIpc) is 3.06. The van der Waals surface area contributed by atoms with Crippen LogP contribution in [0, 0.1) is 6.92 Å². The van der Waals surface area contributed by atoms with Gasteiger partial charge in [0, 0.05) is 17.1 Å². The van der Waals surface area contributed by atoms with E-state index in [2.05, 4.69) is 20.6 Å².